The van der Waals surface area contributed by atoms with Crippen LogP contribution in [0.15, 0.2) is 131 Å². The summed E-state index contributed by atoms with van der Waals surface area (Å²) in [4.78, 5) is 0. The van der Waals surface area contributed by atoms with Gasteiger partial charge in [0, 0.05) is 21.2 Å². The van der Waals surface area contributed by atoms with Crippen LogP contribution < -0.4 is 0 Å². The van der Waals surface area contributed by atoms with E-state index in [4.69, 9.17) is 55.9 Å². The standard InChI is InChI=1S/C31H20Cl4O2/c32-25-17-9-7-15-23(25)30(21-11-3-1-4-12-21)27(34)19-29(36-30)20-28(35)31(37-29,22-13-5-2-6-14-22)24-16-8-10-18-26(24)33/h1-20H/t29?,30-,31-/m1/s1. The molecule has 0 aromatic heterocycles. The smallest absolute Gasteiger partial charge is 0.214 e. The molecule has 0 saturated heterocycles. The van der Waals surface area contributed by atoms with Gasteiger partial charge in [-0.15, -0.1) is 0 Å². The second-order valence-electron chi connectivity index (χ2n) is 8.96. The molecule has 0 unspecified atom stereocenters. The van der Waals surface area contributed by atoms with Crippen LogP contribution >= 0.6 is 46.4 Å². The van der Waals surface area contributed by atoms with Gasteiger partial charge in [0.25, 0.3) is 0 Å². The van der Waals surface area contributed by atoms with Crippen LogP contribution in [0.1, 0.15) is 22.3 Å². The minimum absolute atomic E-state index is 0.413. The molecule has 37 heavy (non-hydrogen) atoms. The molecule has 0 N–H and O–H groups in total. The number of ether oxygens (including phenoxy) is 2. The van der Waals surface area contributed by atoms with Crippen LogP contribution in [0, 0.1) is 0 Å². The third-order valence-electron chi connectivity index (χ3n) is 6.82. The zero-order chi connectivity index (χ0) is 25.7. The van der Waals surface area contributed by atoms with Crippen molar-refractivity contribution < 1.29 is 9.47 Å². The second-order valence-corrected chi connectivity index (χ2v) is 10.6. The molecule has 2 heterocycles. The summed E-state index contributed by atoms with van der Waals surface area (Å²) < 4.78 is 13.9. The normalized spacial score (nSPS) is 24.2. The van der Waals surface area contributed by atoms with Crippen molar-refractivity contribution in [1.82, 2.24) is 0 Å². The average molecular weight is 566 g/mol. The first-order valence-electron chi connectivity index (χ1n) is 11.7. The van der Waals surface area contributed by atoms with Gasteiger partial charge in [-0.05, 0) is 35.4 Å². The lowest BCUT2D eigenvalue weighted by Crippen LogP contribution is -2.40. The quantitative estimate of drug-likeness (QED) is 0.245. The van der Waals surface area contributed by atoms with Gasteiger partial charge in [0.15, 0.2) is 11.2 Å². The van der Waals surface area contributed by atoms with Crippen molar-refractivity contribution in [3.05, 3.63) is 164 Å². The van der Waals surface area contributed by atoms with Crippen molar-refractivity contribution in [3.63, 3.8) is 0 Å². The van der Waals surface area contributed by atoms with E-state index in [1.54, 1.807) is 12.2 Å². The summed E-state index contributed by atoms with van der Waals surface area (Å²) in [6.45, 7) is 0. The largest absolute Gasteiger partial charge is 0.321 e. The molecule has 184 valence electrons. The molecule has 1 spiro atoms. The lowest BCUT2D eigenvalue weighted by molar-refractivity contribution is -0.224. The fraction of sp³-hybridized carbons (Fsp3) is 0.0968. The maximum atomic E-state index is 7.11. The van der Waals surface area contributed by atoms with Crippen molar-refractivity contribution in [2.45, 2.75) is 17.0 Å². The Balaban J connectivity index is 1.56. The summed E-state index contributed by atoms with van der Waals surface area (Å²) in [6.07, 6.45) is 3.52. The van der Waals surface area contributed by atoms with Crippen molar-refractivity contribution >= 4 is 46.4 Å². The van der Waals surface area contributed by atoms with E-state index in [0.717, 1.165) is 11.1 Å². The minimum atomic E-state index is -1.40. The Hall–Kier alpha value is -2.56. The highest BCUT2D eigenvalue weighted by molar-refractivity contribution is 6.34. The highest BCUT2D eigenvalue weighted by Gasteiger charge is 2.60. The van der Waals surface area contributed by atoms with E-state index in [-0.39, 0.29) is 0 Å². The molecule has 4 aromatic rings. The van der Waals surface area contributed by atoms with Crippen LogP contribution in [-0.2, 0) is 20.7 Å². The van der Waals surface area contributed by atoms with E-state index in [0.29, 0.717) is 31.2 Å². The second kappa shape index (κ2) is 9.32. The maximum Gasteiger partial charge on any atom is 0.214 e. The summed E-state index contributed by atoms with van der Waals surface area (Å²) in [5.41, 5.74) is 0.575. The van der Waals surface area contributed by atoms with Crippen LogP contribution in [0.2, 0.25) is 10.0 Å². The van der Waals surface area contributed by atoms with E-state index in [1.807, 2.05) is 109 Å². The van der Waals surface area contributed by atoms with Crippen molar-refractivity contribution in [3.8, 4) is 0 Å². The Morgan fingerprint density at radius 1 is 0.432 bits per heavy atom. The van der Waals surface area contributed by atoms with Crippen molar-refractivity contribution in [2.24, 2.45) is 0 Å². The van der Waals surface area contributed by atoms with Gasteiger partial charge in [0.1, 0.15) is 0 Å². The monoisotopic (exact) mass is 564 g/mol. The summed E-state index contributed by atoms with van der Waals surface area (Å²) in [7, 11) is 0. The van der Waals surface area contributed by atoms with Gasteiger partial charge in [0.2, 0.25) is 5.79 Å². The predicted octanol–water partition coefficient (Wildman–Crippen LogP) is 9.18. The molecule has 4 aromatic carbocycles. The van der Waals surface area contributed by atoms with Crippen molar-refractivity contribution in [2.75, 3.05) is 0 Å². The Bertz CT molecular complexity index is 1420. The number of rotatable bonds is 4. The third-order valence-corrected chi connectivity index (χ3v) is 8.23. The third kappa shape index (κ3) is 3.79. The summed E-state index contributed by atoms with van der Waals surface area (Å²) >= 11 is 27.7. The van der Waals surface area contributed by atoms with Gasteiger partial charge in [-0.1, -0.05) is 143 Å². The number of benzene rings is 4. The molecule has 0 aliphatic carbocycles. The molecular formula is C31H20Cl4O2. The molecule has 0 fully saturated rings. The summed E-state index contributed by atoms with van der Waals surface area (Å²) in [6, 6.07) is 34.4. The molecule has 6 rings (SSSR count). The highest BCUT2D eigenvalue weighted by atomic mass is 35.5. The van der Waals surface area contributed by atoms with Gasteiger partial charge in [-0.25, -0.2) is 0 Å². The Kier molecular flexibility index (Phi) is 6.24. The molecular weight excluding hydrogens is 546 g/mol. The molecule has 0 amide bonds. The minimum Gasteiger partial charge on any atom is -0.321 e. The van der Waals surface area contributed by atoms with Crippen LogP contribution in [0.25, 0.3) is 0 Å². The summed E-state index contributed by atoms with van der Waals surface area (Å²) in [5.74, 6) is -1.40. The lowest BCUT2D eigenvalue weighted by atomic mass is 9.86. The van der Waals surface area contributed by atoms with E-state index in [9.17, 15) is 0 Å². The fourth-order valence-electron chi connectivity index (χ4n) is 5.22. The Labute approximate surface area is 235 Å². The van der Waals surface area contributed by atoms with E-state index < -0.39 is 17.0 Å². The maximum absolute atomic E-state index is 7.11. The van der Waals surface area contributed by atoms with E-state index in [2.05, 4.69) is 0 Å². The first-order chi connectivity index (χ1) is 17.9. The number of hydrogen-bond acceptors (Lipinski definition) is 2. The van der Waals surface area contributed by atoms with E-state index in [1.165, 1.54) is 0 Å². The predicted molar refractivity (Wildman–Crippen MR) is 150 cm³/mol. The Morgan fingerprint density at radius 3 is 1.16 bits per heavy atom. The zero-order valence-corrected chi connectivity index (χ0v) is 22.4. The molecule has 2 atom stereocenters. The van der Waals surface area contributed by atoms with Gasteiger partial charge in [-0.3, -0.25) is 0 Å². The number of hydrogen-bond donors (Lipinski definition) is 0. The molecule has 0 radical (unpaired) electrons. The molecule has 6 heteroatoms. The van der Waals surface area contributed by atoms with Crippen molar-refractivity contribution in [1.29, 1.82) is 0 Å². The fourth-order valence-corrected chi connectivity index (χ4v) is 6.56. The zero-order valence-electron chi connectivity index (χ0n) is 19.4. The van der Waals surface area contributed by atoms with Gasteiger partial charge in [0.05, 0.1) is 10.1 Å². The molecule has 0 bridgehead atoms. The van der Waals surface area contributed by atoms with Crippen LogP contribution in [0.4, 0.5) is 0 Å². The lowest BCUT2D eigenvalue weighted by Gasteiger charge is -2.38. The van der Waals surface area contributed by atoms with E-state index >= 15 is 0 Å². The summed E-state index contributed by atoms with van der Waals surface area (Å²) in [5, 5.41) is 1.86. The molecule has 2 nitrogen and oxygen atoms in total. The number of halogens is 4. The first-order valence-corrected chi connectivity index (χ1v) is 13.2. The van der Waals surface area contributed by atoms with Crippen LogP contribution in [-0.4, -0.2) is 5.79 Å². The highest BCUT2D eigenvalue weighted by Crippen LogP contribution is 2.60. The molecule has 0 saturated carbocycles. The average Bonchev–Trinajstić information content (AvgIpc) is 3.37. The molecule has 2 aliphatic rings. The van der Waals surface area contributed by atoms with Crippen LogP contribution in [0.5, 0.6) is 0 Å². The SMILES string of the molecule is ClC1=CC2(C=C(Cl)[C@@](c3ccccc3)(c3ccccc3Cl)O2)O[C@]1(c1ccccc1)c1ccccc1Cl. The first kappa shape index (κ1) is 24.8. The van der Waals surface area contributed by atoms with Gasteiger partial charge >= 0.3 is 0 Å². The van der Waals surface area contributed by atoms with Gasteiger partial charge < -0.3 is 9.47 Å². The Morgan fingerprint density at radius 2 is 0.784 bits per heavy atom. The molecule has 2 aliphatic heterocycles. The topological polar surface area (TPSA) is 18.5 Å². The van der Waals surface area contributed by atoms with Gasteiger partial charge in [-0.2, -0.15) is 0 Å². The van der Waals surface area contributed by atoms with Crippen LogP contribution in [0.3, 0.4) is 0 Å².